The van der Waals surface area contributed by atoms with Crippen LogP contribution in [0.5, 0.6) is 0 Å². The van der Waals surface area contributed by atoms with E-state index in [1.807, 2.05) is 48.5 Å². The molecule has 2 heterocycles. The zero-order valence-corrected chi connectivity index (χ0v) is 17.1. The SMILES string of the molecule is O=C(Nc1ccccc1Cl)N1CCN(c2ccc(-c3ccccc3Cl)nn2)CC1. The summed E-state index contributed by atoms with van der Waals surface area (Å²) in [5.41, 5.74) is 2.20. The van der Waals surface area contributed by atoms with Crippen LogP contribution >= 0.6 is 23.2 Å². The molecule has 0 radical (unpaired) electrons. The Bertz CT molecular complexity index is 1000. The number of urea groups is 1. The first kappa shape index (κ1) is 19.5. The van der Waals surface area contributed by atoms with Gasteiger partial charge >= 0.3 is 6.03 Å². The number of hydrogen-bond acceptors (Lipinski definition) is 4. The lowest BCUT2D eigenvalue weighted by Gasteiger charge is -2.35. The molecule has 1 fully saturated rings. The topological polar surface area (TPSA) is 61.4 Å². The Labute approximate surface area is 179 Å². The van der Waals surface area contributed by atoms with Crippen LogP contribution in [0.15, 0.2) is 60.7 Å². The maximum Gasteiger partial charge on any atom is 0.322 e. The average Bonchev–Trinajstić information content (AvgIpc) is 2.76. The largest absolute Gasteiger partial charge is 0.352 e. The first-order valence-corrected chi connectivity index (χ1v) is 10.0. The van der Waals surface area contributed by atoms with Crippen LogP contribution in [0.2, 0.25) is 10.0 Å². The highest BCUT2D eigenvalue weighted by atomic mass is 35.5. The number of nitrogens with one attached hydrogen (secondary N) is 1. The van der Waals surface area contributed by atoms with Crippen LogP contribution in [0, 0.1) is 0 Å². The number of hydrogen-bond donors (Lipinski definition) is 1. The highest BCUT2D eigenvalue weighted by Gasteiger charge is 2.22. The molecule has 1 saturated heterocycles. The Balaban J connectivity index is 1.36. The number of para-hydroxylation sites is 1. The lowest BCUT2D eigenvalue weighted by molar-refractivity contribution is 0.208. The monoisotopic (exact) mass is 427 g/mol. The Kier molecular flexibility index (Phi) is 5.83. The van der Waals surface area contributed by atoms with E-state index in [0.717, 1.165) is 17.1 Å². The van der Waals surface area contributed by atoms with E-state index in [4.69, 9.17) is 23.2 Å². The molecule has 29 heavy (non-hydrogen) atoms. The smallest absolute Gasteiger partial charge is 0.322 e. The number of benzene rings is 2. The van der Waals surface area contributed by atoms with Gasteiger partial charge in [0.2, 0.25) is 0 Å². The van der Waals surface area contributed by atoms with Crippen molar-refractivity contribution >= 4 is 40.7 Å². The Hall–Kier alpha value is -2.83. The number of halogens is 2. The third-order valence-corrected chi connectivity index (χ3v) is 5.47. The molecular weight excluding hydrogens is 409 g/mol. The molecule has 2 amide bonds. The summed E-state index contributed by atoms with van der Waals surface area (Å²) in [6.45, 7) is 2.53. The van der Waals surface area contributed by atoms with E-state index in [9.17, 15) is 4.79 Å². The predicted molar refractivity (Wildman–Crippen MR) is 117 cm³/mol. The van der Waals surface area contributed by atoms with E-state index < -0.39 is 0 Å². The van der Waals surface area contributed by atoms with Crippen molar-refractivity contribution in [3.8, 4) is 11.3 Å². The highest BCUT2D eigenvalue weighted by Crippen LogP contribution is 2.26. The maximum atomic E-state index is 12.5. The number of anilines is 2. The van der Waals surface area contributed by atoms with Crippen LogP contribution in [-0.4, -0.2) is 47.3 Å². The maximum absolute atomic E-state index is 12.5. The van der Waals surface area contributed by atoms with Crippen molar-refractivity contribution in [2.75, 3.05) is 36.4 Å². The molecule has 1 aliphatic heterocycles. The fourth-order valence-electron chi connectivity index (χ4n) is 3.20. The van der Waals surface area contributed by atoms with Crippen LogP contribution in [-0.2, 0) is 0 Å². The van der Waals surface area contributed by atoms with Gasteiger partial charge in [-0.1, -0.05) is 53.5 Å². The minimum Gasteiger partial charge on any atom is -0.352 e. The molecule has 0 atom stereocenters. The standard InChI is InChI=1S/C21H19Cl2N5O/c22-16-6-2-1-5-15(16)18-9-10-20(26-25-18)27-11-13-28(14-12-27)21(29)24-19-8-4-3-7-17(19)23/h1-10H,11-14H2,(H,24,29). The van der Waals surface area contributed by atoms with E-state index in [0.29, 0.717) is 41.9 Å². The quantitative estimate of drug-likeness (QED) is 0.651. The molecular formula is C21H19Cl2N5O. The van der Waals surface area contributed by atoms with Crippen molar-refractivity contribution in [2.45, 2.75) is 0 Å². The second kappa shape index (κ2) is 8.68. The zero-order chi connectivity index (χ0) is 20.2. The summed E-state index contributed by atoms with van der Waals surface area (Å²) in [5.74, 6) is 0.784. The van der Waals surface area contributed by atoms with Gasteiger partial charge in [0, 0.05) is 31.7 Å². The summed E-state index contributed by atoms with van der Waals surface area (Å²) in [5, 5.41) is 12.7. The van der Waals surface area contributed by atoms with Gasteiger partial charge in [-0.25, -0.2) is 4.79 Å². The molecule has 6 nitrogen and oxygen atoms in total. The van der Waals surface area contributed by atoms with E-state index in [1.54, 1.807) is 17.0 Å². The first-order chi connectivity index (χ1) is 14.1. The van der Waals surface area contributed by atoms with Crippen molar-refractivity contribution in [1.29, 1.82) is 0 Å². The van der Waals surface area contributed by atoms with Gasteiger partial charge in [-0.15, -0.1) is 10.2 Å². The number of carbonyl (C=O) groups excluding carboxylic acids is 1. The van der Waals surface area contributed by atoms with Crippen LogP contribution < -0.4 is 10.2 Å². The fourth-order valence-corrected chi connectivity index (χ4v) is 3.62. The second-order valence-corrected chi connectivity index (χ2v) is 7.46. The predicted octanol–water partition coefficient (Wildman–Crippen LogP) is 4.80. The van der Waals surface area contributed by atoms with Gasteiger partial charge in [0.25, 0.3) is 0 Å². The summed E-state index contributed by atoms with van der Waals surface area (Å²) >= 11 is 12.3. The molecule has 148 valence electrons. The van der Waals surface area contributed by atoms with Crippen LogP contribution in [0.3, 0.4) is 0 Å². The lowest BCUT2D eigenvalue weighted by atomic mass is 10.1. The minimum atomic E-state index is -0.155. The third-order valence-electron chi connectivity index (χ3n) is 4.81. The molecule has 3 aromatic rings. The number of rotatable bonds is 3. The van der Waals surface area contributed by atoms with Gasteiger partial charge in [-0.3, -0.25) is 0 Å². The van der Waals surface area contributed by atoms with Crippen LogP contribution in [0.25, 0.3) is 11.3 Å². The van der Waals surface area contributed by atoms with Crippen molar-refractivity contribution in [1.82, 2.24) is 15.1 Å². The Morgan fingerprint density at radius 3 is 2.17 bits per heavy atom. The number of aromatic nitrogens is 2. The van der Waals surface area contributed by atoms with Crippen LogP contribution in [0.4, 0.5) is 16.3 Å². The van der Waals surface area contributed by atoms with Crippen molar-refractivity contribution < 1.29 is 4.79 Å². The normalized spacial score (nSPS) is 14.0. The van der Waals surface area contributed by atoms with Gasteiger partial charge in [0.05, 0.1) is 21.4 Å². The van der Waals surface area contributed by atoms with E-state index in [-0.39, 0.29) is 6.03 Å². The highest BCUT2D eigenvalue weighted by molar-refractivity contribution is 6.33. The molecule has 0 spiro atoms. The second-order valence-electron chi connectivity index (χ2n) is 6.64. The molecule has 2 aromatic carbocycles. The molecule has 1 aliphatic rings. The van der Waals surface area contributed by atoms with Crippen LogP contribution in [0.1, 0.15) is 0 Å². The van der Waals surface area contributed by atoms with Gasteiger partial charge in [0.15, 0.2) is 5.82 Å². The molecule has 1 aromatic heterocycles. The summed E-state index contributed by atoms with van der Waals surface area (Å²) in [4.78, 5) is 16.4. The van der Waals surface area contributed by atoms with E-state index in [2.05, 4.69) is 20.4 Å². The summed E-state index contributed by atoms with van der Waals surface area (Å²) in [7, 11) is 0. The molecule has 0 aliphatic carbocycles. The molecule has 1 N–H and O–H groups in total. The van der Waals surface area contributed by atoms with E-state index >= 15 is 0 Å². The van der Waals surface area contributed by atoms with Gasteiger partial charge < -0.3 is 15.1 Å². The van der Waals surface area contributed by atoms with Gasteiger partial charge in [-0.05, 0) is 30.3 Å². The molecule has 0 unspecified atom stereocenters. The Morgan fingerprint density at radius 1 is 0.828 bits per heavy atom. The first-order valence-electron chi connectivity index (χ1n) is 9.26. The van der Waals surface area contributed by atoms with Crippen molar-refractivity contribution in [3.05, 3.63) is 70.7 Å². The number of amides is 2. The number of piperazine rings is 1. The fraction of sp³-hybridized carbons (Fsp3) is 0.190. The average molecular weight is 428 g/mol. The summed E-state index contributed by atoms with van der Waals surface area (Å²) < 4.78 is 0. The number of carbonyl (C=O) groups is 1. The van der Waals surface area contributed by atoms with Gasteiger partial charge in [0.1, 0.15) is 0 Å². The minimum absolute atomic E-state index is 0.155. The van der Waals surface area contributed by atoms with E-state index in [1.165, 1.54) is 0 Å². The molecule has 0 bridgehead atoms. The lowest BCUT2D eigenvalue weighted by Crippen LogP contribution is -2.50. The third kappa shape index (κ3) is 4.44. The Morgan fingerprint density at radius 2 is 1.52 bits per heavy atom. The van der Waals surface area contributed by atoms with Crippen molar-refractivity contribution in [2.24, 2.45) is 0 Å². The van der Waals surface area contributed by atoms with Crippen molar-refractivity contribution in [3.63, 3.8) is 0 Å². The molecule has 0 saturated carbocycles. The van der Waals surface area contributed by atoms with Gasteiger partial charge in [-0.2, -0.15) is 0 Å². The molecule has 8 heteroatoms. The number of nitrogens with zero attached hydrogens (tertiary/aromatic N) is 4. The summed E-state index contributed by atoms with van der Waals surface area (Å²) in [6.07, 6.45) is 0. The summed E-state index contributed by atoms with van der Waals surface area (Å²) in [6, 6.07) is 18.5. The zero-order valence-electron chi connectivity index (χ0n) is 15.6. The molecule has 4 rings (SSSR count).